The molecule has 0 aliphatic heterocycles. The van der Waals surface area contributed by atoms with Crippen molar-refractivity contribution in [2.75, 3.05) is 11.9 Å². The summed E-state index contributed by atoms with van der Waals surface area (Å²) in [6, 6.07) is 4.15. The van der Waals surface area contributed by atoms with Gasteiger partial charge in [0.05, 0.1) is 10.5 Å². The highest BCUT2D eigenvalue weighted by molar-refractivity contribution is 7.10. The molecule has 0 saturated heterocycles. The summed E-state index contributed by atoms with van der Waals surface area (Å²) in [5, 5.41) is 15.1. The molecule has 0 fully saturated rings. The van der Waals surface area contributed by atoms with Gasteiger partial charge >= 0.3 is 5.97 Å². The highest BCUT2D eigenvalue weighted by atomic mass is 32.1. The second kappa shape index (κ2) is 7.65. The number of anilines is 1. The van der Waals surface area contributed by atoms with Gasteiger partial charge in [-0.1, -0.05) is 0 Å². The highest BCUT2D eigenvalue weighted by Gasteiger charge is 2.21. The normalized spacial score (nSPS) is 13.0. The molecule has 1 heterocycles. The van der Waals surface area contributed by atoms with Gasteiger partial charge in [0.15, 0.2) is 6.61 Å². The van der Waals surface area contributed by atoms with Crippen LogP contribution in [0.1, 0.15) is 39.2 Å². The Hall–Kier alpha value is -2.74. The summed E-state index contributed by atoms with van der Waals surface area (Å²) >= 11 is 1.57. The van der Waals surface area contributed by atoms with Gasteiger partial charge in [0.2, 0.25) is 0 Å². The monoisotopic (exact) mass is 374 g/mol. The number of aryl methyl sites for hydroxylation is 2. The van der Waals surface area contributed by atoms with Crippen LogP contribution in [0, 0.1) is 17.0 Å². The van der Waals surface area contributed by atoms with Gasteiger partial charge < -0.3 is 10.1 Å². The number of nitrogens with zero attached hydrogens (tertiary/aromatic N) is 1. The predicted molar refractivity (Wildman–Crippen MR) is 97.7 cm³/mol. The van der Waals surface area contributed by atoms with E-state index in [-0.39, 0.29) is 5.69 Å². The molecule has 7 nitrogen and oxygen atoms in total. The minimum Gasteiger partial charge on any atom is -0.452 e. The smallest absolute Gasteiger partial charge is 0.339 e. The van der Waals surface area contributed by atoms with Crippen LogP contribution in [-0.4, -0.2) is 23.4 Å². The first-order valence-corrected chi connectivity index (χ1v) is 9.15. The number of ether oxygens (including phenoxy) is 1. The number of thiophene rings is 1. The molecule has 0 spiro atoms. The van der Waals surface area contributed by atoms with Gasteiger partial charge in [-0.3, -0.25) is 14.9 Å². The molecule has 136 valence electrons. The molecule has 0 unspecified atom stereocenters. The lowest BCUT2D eigenvalue weighted by Crippen LogP contribution is -2.21. The number of amides is 1. The van der Waals surface area contributed by atoms with E-state index < -0.39 is 23.4 Å². The van der Waals surface area contributed by atoms with E-state index >= 15 is 0 Å². The number of hydrogen-bond acceptors (Lipinski definition) is 6. The maximum atomic E-state index is 12.3. The van der Waals surface area contributed by atoms with E-state index in [2.05, 4.69) is 5.32 Å². The highest BCUT2D eigenvalue weighted by Crippen LogP contribution is 2.30. The average molecular weight is 374 g/mol. The van der Waals surface area contributed by atoms with E-state index in [1.54, 1.807) is 23.6 Å². The molecule has 3 rings (SSSR count). The van der Waals surface area contributed by atoms with Gasteiger partial charge in [-0.05, 0) is 49.8 Å². The van der Waals surface area contributed by atoms with Crippen LogP contribution in [0.4, 0.5) is 11.4 Å². The van der Waals surface area contributed by atoms with E-state index in [0.717, 1.165) is 31.2 Å². The SMILES string of the molecule is Cc1cc([N+](=O)[O-])ccc1NC(=O)COC(=O)c1csc2c1CCCC2. The van der Waals surface area contributed by atoms with Gasteiger partial charge in [0.1, 0.15) is 0 Å². The maximum absolute atomic E-state index is 12.3. The van der Waals surface area contributed by atoms with Crippen molar-refractivity contribution in [3.05, 3.63) is 55.3 Å². The summed E-state index contributed by atoms with van der Waals surface area (Å²) in [6.45, 7) is 1.26. The van der Waals surface area contributed by atoms with Crippen molar-refractivity contribution in [1.29, 1.82) is 0 Å². The maximum Gasteiger partial charge on any atom is 0.339 e. The number of fused-ring (bicyclic) bond motifs is 1. The Morgan fingerprint density at radius 1 is 1.31 bits per heavy atom. The largest absolute Gasteiger partial charge is 0.452 e. The Kier molecular flexibility index (Phi) is 5.32. The zero-order valence-corrected chi connectivity index (χ0v) is 15.1. The number of carbonyl (C=O) groups excluding carboxylic acids is 2. The molecule has 2 aromatic rings. The summed E-state index contributed by atoms with van der Waals surface area (Å²) in [6.07, 6.45) is 4.06. The number of non-ortho nitro benzene ring substituents is 1. The van der Waals surface area contributed by atoms with Crippen molar-refractivity contribution in [3.8, 4) is 0 Å². The second-order valence-electron chi connectivity index (χ2n) is 6.14. The van der Waals surface area contributed by atoms with E-state index in [1.165, 1.54) is 23.1 Å². The lowest BCUT2D eigenvalue weighted by Gasteiger charge is -2.12. The third-order valence-corrected chi connectivity index (χ3v) is 5.40. The van der Waals surface area contributed by atoms with Crippen LogP contribution in [0.15, 0.2) is 23.6 Å². The van der Waals surface area contributed by atoms with Crippen LogP contribution in [0.25, 0.3) is 0 Å². The summed E-state index contributed by atoms with van der Waals surface area (Å²) in [4.78, 5) is 35.8. The lowest BCUT2D eigenvalue weighted by molar-refractivity contribution is -0.384. The van der Waals surface area contributed by atoms with Crippen LogP contribution in [0.3, 0.4) is 0 Å². The number of benzene rings is 1. The number of rotatable bonds is 5. The Morgan fingerprint density at radius 2 is 2.08 bits per heavy atom. The summed E-state index contributed by atoms with van der Waals surface area (Å²) in [7, 11) is 0. The zero-order chi connectivity index (χ0) is 18.7. The van der Waals surface area contributed by atoms with E-state index in [0.29, 0.717) is 16.8 Å². The number of nitrogens with one attached hydrogen (secondary N) is 1. The molecular formula is C18H18N2O5S. The van der Waals surface area contributed by atoms with E-state index in [1.807, 2.05) is 0 Å². The second-order valence-corrected chi connectivity index (χ2v) is 7.10. The molecule has 26 heavy (non-hydrogen) atoms. The molecule has 1 aliphatic rings. The molecular weight excluding hydrogens is 356 g/mol. The molecule has 8 heteroatoms. The Bertz CT molecular complexity index is 874. The van der Waals surface area contributed by atoms with Gasteiger partial charge in [-0.25, -0.2) is 4.79 Å². The topological polar surface area (TPSA) is 98.5 Å². The van der Waals surface area contributed by atoms with E-state index in [4.69, 9.17) is 4.74 Å². The fourth-order valence-corrected chi connectivity index (χ4v) is 4.08. The van der Waals surface area contributed by atoms with Gasteiger partial charge in [0, 0.05) is 28.1 Å². The first kappa shape index (κ1) is 18.1. The molecule has 0 saturated carbocycles. The van der Waals surface area contributed by atoms with Crippen molar-refractivity contribution < 1.29 is 19.2 Å². The number of nitro benzene ring substituents is 1. The molecule has 1 amide bonds. The number of hydrogen-bond donors (Lipinski definition) is 1. The zero-order valence-electron chi connectivity index (χ0n) is 14.2. The van der Waals surface area contributed by atoms with Crippen molar-refractivity contribution in [1.82, 2.24) is 0 Å². The van der Waals surface area contributed by atoms with Gasteiger partial charge in [-0.15, -0.1) is 11.3 Å². The number of nitro groups is 1. The fourth-order valence-electron chi connectivity index (χ4n) is 2.96. The number of carbonyl (C=O) groups is 2. The lowest BCUT2D eigenvalue weighted by atomic mass is 9.96. The quantitative estimate of drug-likeness (QED) is 0.489. The van der Waals surface area contributed by atoms with Crippen molar-refractivity contribution in [3.63, 3.8) is 0 Å². The Morgan fingerprint density at radius 3 is 2.81 bits per heavy atom. The van der Waals surface area contributed by atoms with E-state index in [9.17, 15) is 19.7 Å². The summed E-state index contributed by atoms with van der Waals surface area (Å²) in [5.41, 5.74) is 2.58. The van der Waals surface area contributed by atoms with Crippen LogP contribution in [0.5, 0.6) is 0 Å². The van der Waals surface area contributed by atoms with Crippen LogP contribution < -0.4 is 5.32 Å². The first-order chi connectivity index (χ1) is 12.5. The Balaban J connectivity index is 1.58. The van der Waals surface area contributed by atoms with Crippen molar-refractivity contribution >= 4 is 34.6 Å². The van der Waals surface area contributed by atoms with Crippen LogP contribution in [-0.2, 0) is 22.4 Å². The minimum absolute atomic E-state index is 0.0471. The Labute approximate surface area is 154 Å². The summed E-state index contributed by atoms with van der Waals surface area (Å²) < 4.78 is 5.14. The van der Waals surface area contributed by atoms with Gasteiger partial charge in [0.25, 0.3) is 11.6 Å². The molecule has 1 aromatic heterocycles. The average Bonchev–Trinajstić information content (AvgIpc) is 3.05. The van der Waals surface area contributed by atoms with Gasteiger partial charge in [-0.2, -0.15) is 0 Å². The molecule has 0 radical (unpaired) electrons. The fraction of sp³-hybridized carbons (Fsp3) is 0.333. The molecule has 1 aliphatic carbocycles. The number of esters is 1. The third-order valence-electron chi connectivity index (χ3n) is 4.31. The minimum atomic E-state index is -0.498. The molecule has 1 N–H and O–H groups in total. The standard InChI is InChI=1S/C18H18N2O5S/c1-11-8-12(20(23)24)6-7-15(11)19-17(21)9-25-18(22)14-10-26-16-5-3-2-4-13(14)16/h6-8,10H,2-5,9H2,1H3,(H,19,21). The van der Waals surface area contributed by atoms with Crippen molar-refractivity contribution in [2.24, 2.45) is 0 Å². The van der Waals surface area contributed by atoms with Crippen LogP contribution >= 0.6 is 11.3 Å². The van der Waals surface area contributed by atoms with Crippen LogP contribution in [0.2, 0.25) is 0 Å². The molecule has 0 bridgehead atoms. The third kappa shape index (κ3) is 3.91. The summed E-state index contributed by atoms with van der Waals surface area (Å²) in [5.74, 6) is -0.973. The molecule has 0 atom stereocenters. The van der Waals surface area contributed by atoms with Crippen molar-refractivity contribution in [2.45, 2.75) is 32.6 Å². The first-order valence-electron chi connectivity index (χ1n) is 8.27. The predicted octanol–water partition coefficient (Wildman–Crippen LogP) is 3.64. The molecule has 1 aromatic carbocycles.